The van der Waals surface area contributed by atoms with Gasteiger partial charge in [-0.15, -0.1) is 0 Å². The van der Waals surface area contributed by atoms with E-state index < -0.39 is 12.1 Å². The molecular weight excluding hydrogens is 230 g/mol. The van der Waals surface area contributed by atoms with Gasteiger partial charge in [0.1, 0.15) is 0 Å². The Morgan fingerprint density at radius 1 is 1.22 bits per heavy atom. The quantitative estimate of drug-likeness (QED) is 0.810. The molecule has 0 heterocycles. The Labute approximate surface area is 108 Å². The van der Waals surface area contributed by atoms with Gasteiger partial charge in [0.2, 0.25) is 0 Å². The van der Waals surface area contributed by atoms with Gasteiger partial charge in [0, 0.05) is 6.54 Å². The SMILES string of the molecule is CC(C)c1ccc(C(O)CN(C)CC(=O)O)cc1. The van der Waals surface area contributed by atoms with E-state index in [1.807, 2.05) is 24.3 Å². The second-order valence-electron chi connectivity index (χ2n) is 4.93. The number of benzene rings is 1. The molecule has 0 amide bonds. The minimum Gasteiger partial charge on any atom is -0.480 e. The van der Waals surface area contributed by atoms with Crippen LogP contribution in [0.15, 0.2) is 24.3 Å². The monoisotopic (exact) mass is 251 g/mol. The van der Waals surface area contributed by atoms with Crippen LogP contribution in [0, 0.1) is 0 Å². The first-order chi connectivity index (χ1) is 8.40. The van der Waals surface area contributed by atoms with Crippen molar-refractivity contribution in [3.8, 4) is 0 Å². The topological polar surface area (TPSA) is 60.8 Å². The summed E-state index contributed by atoms with van der Waals surface area (Å²) in [5, 5.41) is 18.6. The van der Waals surface area contributed by atoms with Gasteiger partial charge >= 0.3 is 5.97 Å². The minimum absolute atomic E-state index is 0.0683. The lowest BCUT2D eigenvalue weighted by Gasteiger charge is -2.19. The first-order valence-electron chi connectivity index (χ1n) is 6.08. The molecule has 0 aliphatic rings. The van der Waals surface area contributed by atoms with Crippen molar-refractivity contribution >= 4 is 5.97 Å². The van der Waals surface area contributed by atoms with Crippen LogP contribution < -0.4 is 0 Å². The van der Waals surface area contributed by atoms with Gasteiger partial charge in [0.25, 0.3) is 0 Å². The average molecular weight is 251 g/mol. The maximum atomic E-state index is 10.5. The number of aliphatic carboxylic acids is 1. The molecule has 4 nitrogen and oxygen atoms in total. The fourth-order valence-corrected chi connectivity index (χ4v) is 1.80. The summed E-state index contributed by atoms with van der Waals surface area (Å²) in [4.78, 5) is 12.1. The van der Waals surface area contributed by atoms with Crippen molar-refractivity contribution in [2.24, 2.45) is 0 Å². The lowest BCUT2D eigenvalue weighted by atomic mass is 10.00. The molecule has 0 saturated heterocycles. The van der Waals surface area contributed by atoms with Crippen molar-refractivity contribution < 1.29 is 15.0 Å². The molecule has 4 heteroatoms. The number of hydrogen-bond donors (Lipinski definition) is 2. The summed E-state index contributed by atoms with van der Waals surface area (Å²) < 4.78 is 0. The molecule has 1 aromatic carbocycles. The molecule has 0 bridgehead atoms. The highest BCUT2D eigenvalue weighted by molar-refractivity contribution is 5.69. The number of aliphatic hydroxyl groups is 1. The fraction of sp³-hybridized carbons (Fsp3) is 0.500. The summed E-state index contributed by atoms with van der Waals surface area (Å²) >= 11 is 0. The van der Waals surface area contributed by atoms with Gasteiger partial charge in [-0.05, 0) is 24.1 Å². The fourth-order valence-electron chi connectivity index (χ4n) is 1.80. The van der Waals surface area contributed by atoms with Crippen LogP contribution in [0.1, 0.15) is 37.0 Å². The van der Waals surface area contributed by atoms with E-state index in [9.17, 15) is 9.90 Å². The summed E-state index contributed by atoms with van der Waals surface area (Å²) in [6.45, 7) is 4.48. The molecule has 18 heavy (non-hydrogen) atoms. The molecule has 0 saturated carbocycles. The Hall–Kier alpha value is -1.39. The Bertz CT molecular complexity index is 387. The van der Waals surface area contributed by atoms with Crippen LogP contribution in [0.3, 0.4) is 0 Å². The number of nitrogens with zero attached hydrogens (tertiary/aromatic N) is 1. The van der Waals surface area contributed by atoms with Crippen LogP contribution in [-0.2, 0) is 4.79 Å². The van der Waals surface area contributed by atoms with Crippen LogP contribution in [0.2, 0.25) is 0 Å². The maximum absolute atomic E-state index is 10.5. The number of carboxylic acids is 1. The third-order valence-corrected chi connectivity index (χ3v) is 2.88. The predicted molar refractivity (Wildman–Crippen MR) is 70.6 cm³/mol. The number of rotatable bonds is 6. The first-order valence-corrected chi connectivity index (χ1v) is 6.08. The van der Waals surface area contributed by atoms with Crippen molar-refractivity contribution in [1.29, 1.82) is 0 Å². The van der Waals surface area contributed by atoms with Crippen molar-refractivity contribution in [1.82, 2.24) is 4.90 Å². The molecule has 1 unspecified atom stereocenters. The summed E-state index contributed by atoms with van der Waals surface area (Å²) in [5.74, 6) is -0.425. The van der Waals surface area contributed by atoms with Crippen LogP contribution in [0.5, 0.6) is 0 Å². The predicted octanol–water partition coefficient (Wildman–Crippen LogP) is 1.86. The zero-order valence-corrected chi connectivity index (χ0v) is 11.1. The number of aliphatic hydroxyl groups excluding tert-OH is 1. The minimum atomic E-state index is -0.889. The lowest BCUT2D eigenvalue weighted by Crippen LogP contribution is -2.29. The Morgan fingerprint density at radius 2 is 1.72 bits per heavy atom. The molecule has 2 N–H and O–H groups in total. The van der Waals surface area contributed by atoms with Gasteiger partial charge in [-0.1, -0.05) is 38.1 Å². The Balaban J connectivity index is 2.61. The molecular formula is C14H21NO3. The van der Waals surface area contributed by atoms with Crippen molar-refractivity contribution in [3.63, 3.8) is 0 Å². The second-order valence-corrected chi connectivity index (χ2v) is 4.93. The normalized spacial score (nSPS) is 13.0. The van der Waals surface area contributed by atoms with Gasteiger partial charge in [-0.2, -0.15) is 0 Å². The standard InChI is InChI=1S/C14H21NO3/c1-10(2)11-4-6-12(7-5-11)13(16)8-15(3)9-14(17)18/h4-7,10,13,16H,8-9H2,1-3H3,(H,17,18). The zero-order chi connectivity index (χ0) is 13.7. The van der Waals surface area contributed by atoms with E-state index in [2.05, 4.69) is 13.8 Å². The highest BCUT2D eigenvalue weighted by Gasteiger charge is 2.12. The summed E-state index contributed by atoms with van der Waals surface area (Å²) in [6, 6.07) is 7.80. The summed E-state index contributed by atoms with van der Waals surface area (Å²) in [6.07, 6.45) is -0.657. The average Bonchev–Trinajstić information content (AvgIpc) is 2.27. The van der Waals surface area contributed by atoms with E-state index in [4.69, 9.17) is 5.11 Å². The first kappa shape index (κ1) is 14.7. The smallest absolute Gasteiger partial charge is 0.317 e. The molecule has 1 rings (SSSR count). The van der Waals surface area contributed by atoms with E-state index in [0.29, 0.717) is 12.5 Å². The van der Waals surface area contributed by atoms with E-state index in [0.717, 1.165) is 5.56 Å². The summed E-state index contributed by atoms with van der Waals surface area (Å²) in [7, 11) is 1.68. The maximum Gasteiger partial charge on any atom is 0.317 e. The molecule has 1 aromatic rings. The van der Waals surface area contributed by atoms with E-state index >= 15 is 0 Å². The Morgan fingerprint density at radius 3 is 2.17 bits per heavy atom. The van der Waals surface area contributed by atoms with E-state index in [-0.39, 0.29) is 6.54 Å². The number of carboxylic acid groups (broad SMARTS) is 1. The number of hydrogen-bond acceptors (Lipinski definition) is 3. The number of likely N-dealkylation sites (N-methyl/N-ethyl adjacent to an activating group) is 1. The lowest BCUT2D eigenvalue weighted by molar-refractivity contribution is -0.138. The molecule has 100 valence electrons. The van der Waals surface area contributed by atoms with Crippen LogP contribution >= 0.6 is 0 Å². The van der Waals surface area contributed by atoms with Crippen LogP contribution in [0.25, 0.3) is 0 Å². The van der Waals surface area contributed by atoms with Gasteiger partial charge in [0.15, 0.2) is 0 Å². The third kappa shape index (κ3) is 4.47. The van der Waals surface area contributed by atoms with E-state index in [1.54, 1.807) is 11.9 Å². The molecule has 0 aliphatic heterocycles. The highest BCUT2D eigenvalue weighted by atomic mass is 16.4. The summed E-state index contributed by atoms with van der Waals surface area (Å²) in [5.41, 5.74) is 2.04. The van der Waals surface area contributed by atoms with Gasteiger partial charge < -0.3 is 10.2 Å². The zero-order valence-electron chi connectivity index (χ0n) is 11.1. The largest absolute Gasteiger partial charge is 0.480 e. The third-order valence-electron chi connectivity index (χ3n) is 2.88. The van der Waals surface area contributed by atoms with Gasteiger partial charge in [0.05, 0.1) is 12.6 Å². The molecule has 0 aromatic heterocycles. The Kier molecular flexibility index (Phi) is 5.31. The van der Waals surface area contributed by atoms with Crippen molar-refractivity contribution in [2.45, 2.75) is 25.9 Å². The molecule has 1 atom stereocenters. The van der Waals surface area contributed by atoms with Crippen molar-refractivity contribution in [3.05, 3.63) is 35.4 Å². The molecule has 0 aliphatic carbocycles. The van der Waals surface area contributed by atoms with Gasteiger partial charge in [-0.25, -0.2) is 0 Å². The number of carbonyl (C=O) groups is 1. The highest BCUT2D eigenvalue weighted by Crippen LogP contribution is 2.19. The van der Waals surface area contributed by atoms with E-state index in [1.165, 1.54) is 5.56 Å². The molecule has 0 fully saturated rings. The van der Waals surface area contributed by atoms with Gasteiger partial charge in [-0.3, -0.25) is 9.69 Å². The second kappa shape index (κ2) is 6.52. The molecule has 0 radical (unpaired) electrons. The van der Waals surface area contributed by atoms with Crippen LogP contribution in [-0.4, -0.2) is 41.2 Å². The van der Waals surface area contributed by atoms with Crippen LogP contribution in [0.4, 0.5) is 0 Å². The van der Waals surface area contributed by atoms with Crippen molar-refractivity contribution in [2.75, 3.05) is 20.1 Å². The molecule has 0 spiro atoms.